The normalized spacial score (nSPS) is 10.8. The maximum Gasteiger partial charge on any atom is 0.274 e. The molecular formula is C20H19N7O. The predicted molar refractivity (Wildman–Crippen MR) is 105 cm³/mol. The number of hydrogen-bond acceptors (Lipinski definition) is 5. The SMILES string of the molecule is Cc1cc(C)n(-c2ncc(NC(=O)c3cc(-c4ccccc4)nn3C)cn2)n1. The number of nitrogens with zero attached hydrogens (tertiary/aromatic N) is 6. The van der Waals surface area contributed by atoms with E-state index in [1.807, 2.05) is 50.2 Å². The minimum absolute atomic E-state index is 0.278. The van der Waals surface area contributed by atoms with Crippen LogP contribution in [0.2, 0.25) is 0 Å². The molecule has 0 bridgehead atoms. The van der Waals surface area contributed by atoms with E-state index in [0.717, 1.165) is 22.6 Å². The first-order valence-electron chi connectivity index (χ1n) is 8.78. The molecule has 28 heavy (non-hydrogen) atoms. The first kappa shape index (κ1) is 17.6. The summed E-state index contributed by atoms with van der Waals surface area (Å²) < 4.78 is 3.22. The largest absolute Gasteiger partial charge is 0.318 e. The smallest absolute Gasteiger partial charge is 0.274 e. The van der Waals surface area contributed by atoms with Crippen LogP contribution in [0, 0.1) is 13.8 Å². The van der Waals surface area contributed by atoms with Crippen molar-refractivity contribution in [2.45, 2.75) is 13.8 Å². The maximum atomic E-state index is 12.6. The van der Waals surface area contributed by atoms with Gasteiger partial charge in [0.15, 0.2) is 0 Å². The number of carbonyl (C=O) groups is 1. The summed E-state index contributed by atoms with van der Waals surface area (Å²) in [4.78, 5) is 21.2. The molecule has 1 aromatic carbocycles. The van der Waals surface area contributed by atoms with Crippen molar-refractivity contribution in [2.75, 3.05) is 5.32 Å². The van der Waals surface area contributed by atoms with Crippen molar-refractivity contribution in [3.05, 3.63) is 71.9 Å². The zero-order valence-electron chi connectivity index (χ0n) is 15.8. The minimum atomic E-state index is -0.278. The number of amides is 1. The van der Waals surface area contributed by atoms with Crippen LogP contribution in [0.25, 0.3) is 17.2 Å². The van der Waals surface area contributed by atoms with Crippen LogP contribution in [0.1, 0.15) is 21.9 Å². The van der Waals surface area contributed by atoms with Crippen LogP contribution in [0.5, 0.6) is 0 Å². The van der Waals surface area contributed by atoms with E-state index in [4.69, 9.17) is 0 Å². The van der Waals surface area contributed by atoms with E-state index in [1.165, 1.54) is 0 Å². The molecule has 4 rings (SSSR count). The molecule has 0 fully saturated rings. The number of rotatable bonds is 4. The molecule has 1 amide bonds. The Bertz CT molecular complexity index is 1130. The second-order valence-corrected chi connectivity index (χ2v) is 6.47. The third kappa shape index (κ3) is 3.39. The molecule has 0 saturated heterocycles. The molecule has 0 radical (unpaired) electrons. The molecule has 140 valence electrons. The van der Waals surface area contributed by atoms with Crippen molar-refractivity contribution in [1.82, 2.24) is 29.5 Å². The predicted octanol–water partition coefficient (Wildman–Crippen LogP) is 2.93. The van der Waals surface area contributed by atoms with Crippen LogP contribution in [0.15, 0.2) is 54.9 Å². The Morgan fingerprint density at radius 3 is 2.36 bits per heavy atom. The van der Waals surface area contributed by atoms with E-state index >= 15 is 0 Å². The summed E-state index contributed by atoms with van der Waals surface area (Å²) in [5.41, 5.74) is 4.47. The second-order valence-electron chi connectivity index (χ2n) is 6.47. The van der Waals surface area contributed by atoms with E-state index < -0.39 is 0 Å². The van der Waals surface area contributed by atoms with Gasteiger partial charge in [0.25, 0.3) is 11.9 Å². The van der Waals surface area contributed by atoms with Gasteiger partial charge in [-0.05, 0) is 26.0 Å². The molecule has 1 N–H and O–H groups in total. The average Bonchev–Trinajstić information content (AvgIpc) is 3.25. The van der Waals surface area contributed by atoms with Crippen molar-refractivity contribution in [3.8, 4) is 17.2 Å². The van der Waals surface area contributed by atoms with Crippen molar-refractivity contribution in [3.63, 3.8) is 0 Å². The lowest BCUT2D eigenvalue weighted by molar-refractivity contribution is 0.101. The molecule has 0 atom stereocenters. The van der Waals surface area contributed by atoms with Gasteiger partial charge in [-0.15, -0.1) is 0 Å². The highest BCUT2D eigenvalue weighted by Gasteiger charge is 2.15. The zero-order valence-corrected chi connectivity index (χ0v) is 15.8. The van der Waals surface area contributed by atoms with Crippen LogP contribution in [-0.4, -0.2) is 35.4 Å². The Kier molecular flexibility index (Phi) is 4.44. The van der Waals surface area contributed by atoms with Crippen molar-refractivity contribution < 1.29 is 4.79 Å². The van der Waals surface area contributed by atoms with Crippen LogP contribution < -0.4 is 5.32 Å². The fourth-order valence-electron chi connectivity index (χ4n) is 2.95. The summed E-state index contributed by atoms with van der Waals surface area (Å²) in [7, 11) is 1.74. The monoisotopic (exact) mass is 373 g/mol. The number of aromatic nitrogens is 6. The minimum Gasteiger partial charge on any atom is -0.318 e. The molecule has 8 heteroatoms. The standard InChI is InChI=1S/C20H19N7O/c1-13-9-14(2)27(24-13)20-21-11-16(12-22-20)23-19(28)18-10-17(25-26(18)3)15-7-5-4-6-8-15/h4-12H,1-3H3,(H,23,28). The van der Waals surface area contributed by atoms with Gasteiger partial charge in [0.1, 0.15) is 5.69 Å². The number of nitrogens with one attached hydrogen (secondary N) is 1. The Hall–Kier alpha value is -3.81. The fraction of sp³-hybridized carbons (Fsp3) is 0.150. The second kappa shape index (κ2) is 7.07. The topological polar surface area (TPSA) is 90.5 Å². The van der Waals surface area contributed by atoms with Crippen molar-refractivity contribution >= 4 is 11.6 Å². The molecule has 0 unspecified atom stereocenters. The molecule has 0 aliphatic heterocycles. The van der Waals surface area contributed by atoms with Gasteiger partial charge >= 0.3 is 0 Å². The highest BCUT2D eigenvalue weighted by Crippen LogP contribution is 2.19. The van der Waals surface area contributed by atoms with E-state index in [1.54, 1.807) is 34.9 Å². The molecule has 0 aliphatic rings. The molecule has 0 saturated carbocycles. The zero-order chi connectivity index (χ0) is 19.7. The van der Waals surface area contributed by atoms with E-state index in [9.17, 15) is 4.79 Å². The summed E-state index contributed by atoms with van der Waals surface area (Å²) in [6.07, 6.45) is 3.12. The molecule has 4 aromatic rings. The lowest BCUT2D eigenvalue weighted by Crippen LogP contribution is -2.16. The van der Waals surface area contributed by atoms with Gasteiger partial charge in [0.2, 0.25) is 0 Å². The highest BCUT2D eigenvalue weighted by atomic mass is 16.2. The molecule has 3 aromatic heterocycles. The number of anilines is 1. The van der Waals surface area contributed by atoms with Gasteiger partial charge in [-0.3, -0.25) is 9.48 Å². The van der Waals surface area contributed by atoms with Crippen molar-refractivity contribution in [1.29, 1.82) is 0 Å². The van der Waals surface area contributed by atoms with E-state index in [0.29, 0.717) is 17.3 Å². The molecule has 0 spiro atoms. The third-order valence-electron chi connectivity index (χ3n) is 4.28. The summed E-state index contributed by atoms with van der Waals surface area (Å²) in [6, 6.07) is 13.4. The third-order valence-corrected chi connectivity index (χ3v) is 4.28. The Labute approximate surface area is 161 Å². The lowest BCUT2D eigenvalue weighted by atomic mass is 10.1. The first-order valence-corrected chi connectivity index (χ1v) is 8.78. The van der Waals surface area contributed by atoms with E-state index in [2.05, 4.69) is 25.5 Å². The summed E-state index contributed by atoms with van der Waals surface area (Å²) in [5, 5.41) is 11.6. The van der Waals surface area contributed by atoms with Crippen LogP contribution in [0.3, 0.4) is 0 Å². The molecule has 0 aliphatic carbocycles. The van der Waals surface area contributed by atoms with Crippen LogP contribution in [-0.2, 0) is 7.05 Å². The van der Waals surface area contributed by atoms with Gasteiger partial charge in [0.05, 0.1) is 29.5 Å². The lowest BCUT2D eigenvalue weighted by Gasteiger charge is -2.06. The van der Waals surface area contributed by atoms with Gasteiger partial charge < -0.3 is 5.32 Å². The number of carbonyl (C=O) groups excluding carboxylic acids is 1. The molecule has 3 heterocycles. The van der Waals surface area contributed by atoms with Gasteiger partial charge in [-0.1, -0.05) is 30.3 Å². The Morgan fingerprint density at radius 1 is 1.00 bits per heavy atom. The van der Waals surface area contributed by atoms with E-state index in [-0.39, 0.29) is 5.91 Å². The quantitative estimate of drug-likeness (QED) is 0.594. The Balaban J connectivity index is 1.53. The fourth-order valence-corrected chi connectivity index (χ4v) is 2.95. The molecule has 8 nitrogen and oxygen atoms in total. The Morgan fingerprint density at radius 2 is 1.71 bits per heavy atom. The number of hydrogen-bond donors (Lipinski definition) is 1. The number of benzene rings is 1. The first-order chi connectivity index (χ1) is 13.5. The van der Waals surface area contributed by atoms with Crippen molar-refractivity contribution in [2.24, 2.45) is 7.05 Å². The summed E-state index contributed by atoms with van der Waals surface area (Å²) >= 11 is 0. The summed E-state index contributed by atoms with van der Waals surface area (Å²) in [6.45, 7) is 3.85. The summed E-state index contributed by atoms with van der Waals surface area (Å²) in [5.74, 6) is 0.176. The number of aryl methyl sites for hydroxylation is 3. The average molecular weight is 373 g/mol. The molecular weight excluding hydrogens is 354 g/mol. The van der Waals surface area contributed by atoms with Gasteiger partial charge in [0, 0.05) is 18.3 Å². The van der Waals surface area contributed by atoms with Gasteiger partial charge in [-0.25, -0.2) is 14.6 Å². The van der Waals surface area contributed by atoms with Crippen LogP contribution >= 0.6 is 0 Å². The van der Waals surface area contributed by atoms with Crippen LogP contribution in [0.4, 0.5) is 5.69 Å². The maximum absolute atomic E-state index is 12.6. The highest BCUT2D eigenvalue weighted by molar-refractivity contribution is 6.03. The van der Waals surface area contributed by atoms with Gasteiger partial charge in [-0.2, -0.15) is 10.2 Å².